The molecule has 0 heterocycles. The molecule has 0 atom stereocenters. The highest BCUT2D eigenvalue weighted by Gasteiger charge is 2.13. The lowest BCUT2D eigenvalue weighted by Crippen LogP contribution is -2.48. The molecular formula is C16H23N3O2S. The fourth-order valence-corrected chi connectivity index (χ4v) is 1.71. The molecule has 0 aliphatic carbocycles. The highest BCUT2D eigenvalue weighted by molar-refractivity contribution is 7.80. The number of rotatable bonds is 5. The molecular weight excluding hydrogens is 298 g/mol. The zero-order valence-electron chi connectivity index (χ0n) is 13.2. The third-order valence-corrected chi connectivity index (χ3v) is 3.06. The highest BCUT2D eigenvalue weighted by Crippen LogP contribution is 2.24. The van der Waals surface area contributed by atoms with Crippen LogP contribution in [0.3, 0.4) is 0 Å². The molecule has 1 rings (SSSR count). The maximum absolute atomic E-state index is 11.6. The van der Waals surface area contributed by atoms with Gasteiger partial charge >= 0.3 is 0 Å². The second kappa shape index (κ2) is 8.38. The molecule has 0 fully saturated rings. The predicted molar refractivity (Wildman–Crippen MR) is 92.7 cm³/mol. The van der Waals surface area contributed by atoms with Gasteiger partial charge in [0.25, 0.3) is 5.91 Å². The first-order valence-corrected chi connectivity index (χ1v) is 7.40. The molecule has 5 nitrogen and oxygen atoms in total. The summed E-state index contributed by atoms with van der Waals surface area (Å²) in [7, 11) is 0. The van der Waals surface area contributed by atoms with E-state index in [0.29, 0.717) is 17.4 Å². The smallest absolute Gasteiger partial charge is 0.276 e. The molecule has 3 N–H and O–H groups in total. The SMILES string of the molecule is C=CCNC(=S)NNC(=O)COc1ccc(C(C)(C)C)cc1. The number of benzene rings is 1. The lowest BCUT2D eigenvalue weighted by Gasteiger charge is -2.19. The largest absolute Gasteiger partial charge is 0.484 e. The van der Waals surface area contributed by atoms with Crippen LogP contribution in [0.2, 0.25) is 0 Å². The van der Waals surface area contributed by atoms with E-state index >= 15 is 0 Å². The molecule has 0 aliphatic heterocycles. The average molecular weight is 321 g/mol. The van der Waals surface area contributed by atoms with Gasteiger partial charge in [-0.15, -0.1) is 6.58 Å². The van der Waals surface area contributed by atoms with E-state index in [1.165, 1.54) is 5.56 Å². The molecule has 120 valence electrons. The van der Waals surface area contributed by atoms with E-state index in [4.69, 9.17) is 17.0 Å². The predicted octanol–water partition coefficient (Wildman–Crippen LogP) is 2.04. The van der Waals surface area contributed by atoms with E-state index in [0.717, 1.165) is 0 Å². The summed E-state index contributed by atoms with van der Waals surface area (Å²) in [4.78, 5) is 11.6. The monoisotopic (exact) mass is 321 g/mol. The molecule has 22 heavy (non-hydrogen) atoms. The Bertz CT molecular complexity index is 521. The Kier molecular flexibility index (Phi) is 6.85. The second-order valence-corrected chi connectivity index (χ2v) is 6.14. The van der Waals surface area contributed by atoms with Crippen molar-refractivity contribution in [2.45, 2.75) is 26.2 Å². The molecule has 0 radical (unpaired) electrons. The van der Waals surface area contributed by atoms with Crippen LogP contribution >= 0.6 is 12.2 Å². The van der Waals surface area contributed by atoms with Crippen LogP contribution in [-0.2, 0) is 10.2 Å². The Morgan fingerprint density at radius 3 is 2.45 bits per heavy atom. The van der Waals surface area contributed by atoms with Crippen molar-refractivity contribution in [2.24, 2.45) is 0 Å². The van der Waals surface area contributed by atoms with Crippen LogP contribution in [0.25, 0.3) is 0 Å². The van der Waals surface area contributed by atoms with Crippen LogP contribution in [0.1, 0.15) is 26.3 Å². The summed E-state index contributed by atoms with van der Waals surface area (Å²) in [6.45, 7) is 10.4. The molecule has 0 saturated heterocycles. The van der Waals surface area contributed by atoms with Gasteiger partial charge in [0.1, 0.15) is 5.75 Å². The summed E-state index contributed by atoms with van der Waals surface area (Å²) in [5, 5.41) is 3.15. The normalized spacial score (nSPS) is 10.5. The Morgan fingerprint density at radius 1 is 1.27 bits per heavy atom. The van der Waals surface area contributed by atoms with Crippen LogP contribution in [0.4, 0.5) is 0 Å². The maximum atomic E-state index is 11.6. The first kappa shape index (κ1) is 18.0. The van der Waals surface area contributed by atoms with Crippen molar-refractivity contribution in [3.63, 3.8) is 0 Å². The van der Waals surface area contributed by atoms with Gasteiger partial charge in [-0.3, -0.25) is 15.6 Å². The Morgan fingerprint density at radius 2 is 1.91 bits per heavy atom. The number of ether oxygens (including phenoxy) is 1. The zero-order chi connectivity index (χ0) is 16.6. The molecule has 0 unspecified atom stereocenters. The summed E-state index contributed by atoms with van der Waals surface area (Å²) in [5.74, 6) is 0.332. The highest BCUT2D eigenvalue weighted by atomic mass is 32.1. The minimum Gasteiger partial charge on any atom is -0.484 e. The summed E-state index contributed by atoms with van der Waals surface area (Å²) >= 11 is 4.94. The lowest BCUT2D eigenvalue weighted by molar-refractivity contribution is -0.123. The zero-order valence-corrected chi connectivity index (χ0v) is 14.0. The van der Waals surface area contributed by atoms with Gasteiger partial charge < -0.3 is 10.1 Å². The lowest BCUT2D eigenvalue weighted by atomic mass is 9.87. The number of hydrogen-bond donors (Lipinski definition) is 3. The summed E-state index contributed by atoms with van der Waals surface area (Å²) in [6.07, 6.45) is 1.67. The van der Waals surface area contributed by atoms with Gasteiger partial charge in [0.2, 0.25) is 0 Å². The van der Waals surface area contributed by atoms with Crippen molar-refractivity contribution in [3.05, 3.63) is 42.5 Å². The van der Waals surface area contributed by atoms with E-state index in [1.54, 1.807) is 6.08 Å². The molecule has 0 aliphatic rings. The molecule has 6 heteroatoms. The fourth-order valence-electron chi connectivity index (χ4n) is 1.57. The molecule has 0 saturated carbocycles. The van der Waals surface area contributed by atoms with Crippen LogP contribution in [0, 0.1) is 0 Å². The number of amides is 1. The number of carbonyl (C=O) groups excluding carboxylic acids is 1. The molecule has 1 amide bonds. The minimum atomic E-state index is -0.317. The van der Waals surface area contributed by atoms with E-state index in [2.05, 4.69) is 43.5 Å². The van der Waals surface area contributed by atoms with E-state index < -0.39 is 0 Å². The third-order valence-electron chi connectivity index (χ3n) is 2.81. The molecule has 1 aromatic rings. The van der Waals surface area contributed by atoms with Gasteiger partial charge in [-0.05, 0) is 35.3 Å². The van der Waals surface area contributed by atoms with E-state index in [1.807, 2.05) is 24.3 Å². The standard InChI is InChI=1S/C16H23N3O2S/c1-5-10-17-15(22)19-18-14(20)11-21-13-8-6-12(7-9-13)16(2,3)4/h5-9H,1,10-11H2,2-4H3,(H,18,20)(H2,17,19,22). The Hall–Kier alpha value is -2.08. The van der Waals surface area contributed by atoms with Crippen LogP contribution in [-0.4, -0.2) is 24.2 Å². The molecule has 0 aromatic heterocycles. The fraction of sp³-hybridized carbons (Fsp3) is 0.375. The van der Waals surface area contributed by atoms with Crippen LogP contribution in [0.5, 0.6) is 5.75 Å². The molecule has 0 spiro atoms. The topological polar surface area (TPSA) is 62.4 Å². The van der Waals surface area contributed by atoms with Crippen molar-refractivity contribution in [1.29, 1.82) is 0 Å². The van der Waals surface area contributed by atoms with Crippen molar-refractivity contribution in [3.8, 4) is 5.75 Å². The third kappa shape index (κ3) is 6.58. The first-order valence-electron chi connectivity index (χ1n) is 7.00. The van der Waals surface area contributed by atoms with Gasteiger partial charge in [0.05, 0.1) is 0 Å². The second-order valence-electron chi connectivity index (χ2n) is 5.73. The number of hydrogen-bond acceptors (Lipinski definition) is 3. The maximum Gasteiger partial charge on any atom is 0.276 e. The number of carbonyl (C=O) groups is 1. The summed E-state index contributed by atoms with van der Waals surface area (Å²) < 4.78 is 5.42. The number of nitrogens with one attached hydrogen (secondary N) is 3. The van der Waals surface area contributed by atoms with Gasteiger partial charge in [0.15, 0.2) is 11.7 Å². The summed E-state index contributed by atoms with van der Waals surface area (Å²) in [5.41, 5.74) is 6.32. The van der Waals surface area contributed by atoms with Crippen molar-refractivity contribution in [1.82, 2.24) is 16.2 Å². The van der Waals surface area contributed by atoms with Crippen molar-refractivity contribution in [2.75, 3.05) is 13.2 Å². The van der Waals surface area contributed by atoms with Gasteiger partial charge in [-0.1, -0.05) is 39.0 Å². The van der Waals surface area contributed by atoms with Crippen molar-refractivity contribution < 1.29 is 9.53 Å². The quantitative estimate of drug-likeness (QED) is 0.440. The first-order chi connectivity index (χ1) is 10.3. The van der Waals surface area contributed by atoms with Gasteiger partial charge in [0, 0.05) is 6.54 Å². The molecule has 0 bridgehead atoms. The van der Waals surface area contributed by atoms with Crippen molar-refractivity contribution >= 4 is 23.2 Å². The van der Waals surface area contributed by atoms with Crippen LogP contribution < -0.4 is 20.9 Å². The Balaban J connectivity index is 2.35. The minimum absolute atomic E-state index is 0.0912. The van der Waals surface area contributed by atoms with Gasteiger partial charge in [-0.2, -0.15) is 0 Å². The average Bonchev–Trinajstić information content (AvgIpc) is 2.48. The number of hydrazine groups is 1. The van der Waals surface area contributed by atoms with E-state index in [-0.39, 0.29) is 17.9 Å². The molecule has 1 aromatic carbocycles. The van der Waals surface area contributed by atoms with E-state index in [9.17, 15) is 4.79 Å². The number of thiocarbonyl (C=S) groups is 1. The van der Waals surface area contributed by atoms with Crippen LogP contribution in [0.15, 0.2) is 36.9 Å². The Labute approximate surface area is 137 Å². The van der Waals surface area contributed by atoms with Gasteiger partial charge in [-0.25, -0.2) is 0 Å². The summed E-state index contributed by atoms with van der Waals surface area (Å²) in [6, 6.07) is 7.72.